The summed E-state index contributed by atoms with van der Waals surface area (Å²) in [5.41, 5.74) is 1.36. The van der Waals surface area contributed by atoms with Crippen LogP contribution in [-0.2, 0) is 10.0 Å². The minimum Gasteiger partial charge on any atom is -0.496 e. The van der Waals surface area contributed by atoms with Gasteiger partial charge in [-0.25, -0.2) is 8.42 Å². The summed E-state index contributed by atoms with van der Waals surface area (Å²) in [6.45, 7) is 6.57. The van der Waals surface area contributed by atoms with Gasteiger partial charge in [0.2, 0.25) is 10.0 Å². The molecule has 0 atom stereocenters. The molecule has 0 aliphatic carbocycles. The molecule has 1 heterocycles. The Morgan fingerprint density at radius 2 is 1.78 bits per heavy atom. The highest BCUT2D eigenvalue weighted by Gasteiger charge is 2.29. The Bertz CT molecular complexity index is 1040. The molecule has 2 aromatic rings. The number of nitrogens with one attached hydrogen (secondary N) is 1. The van der Waals surface area contributed by atoms with Crippen molar-refractivity contribution in [3.63, 3.8) is 0 Å². The number of hydrogen-bond donors (Lipinski definition) is 1. The normalized spacial score (nSPS) is 15.9. The van der Waals surface area contributed by atoms with Gasteiger partial charge in [0, 0.05) is 38.8 Å². The smallest absolute Gasteiger partial charge is 0.255 e. The van der Waals surface area contributed by atoms with Crippen LogP contribution >= 0.6 is 0 Å². The van der Waals surface area contributed by atoms with Gasteiger partial charge >= 0.3 is 0 Å². The lowest BCUT2D eigenvalue weighted by Crippen LogP contribution is -2.48. The Kier molecular flexibility index (Phi) is 8.06. The van der Waals surface area contributed by atoms with Crippen LogP contribution in [0.4, 0.5) is 0 Å². The third-order valence-corrected chi connectivity index (χ3v) is 7.17. The van der Waals surface area contributed by atoms with Crippen molar-refractivity contribution in [2.75, 3.05) is 39.8 Å². The summed E-state index contributed by atoms with van der Waals surface area (Å²) in [7, 11) is -2.25. The fourth-order valence-electron chi connectivity index (χ4n) is 3.57. The number of hydrogen-bond acceptors (Lipinski definition) is 5. The molecule has 3 rings (SSSR count). The van der Waals surface area contributed by atoms with Crippen LogP contribution in [0.15, 0.2) is 59.5 Å². The Balaban J connectivity index is 1.66. The maximum absolute atomic E-state index is 13.2. The number of amides is 1. The van der Waals surface area contributed by atoms with Crippen LogP contribution in [0.3, 0.4) is 0 Å². The summed E-state index contributed by atoms with van der Waals surface area (Å²) in [6.07, 6.45) is 4.17. The van der Waals surface area contributed by atoms with Crippen molar-refractivity contribution in [1.29, 1.82) is 0 Å². The molecule has 1 aliphatic rings. The summed E-state index contributed by atoms with van der Waals surface area (Å²) >= 11 is 0. The number of piperazine rings is 1. The molecule has 0 unspecified atom stereocenters. The fraction of sp³-hybridized carbons (Fsp3) is 0.375. The van der Waals surface area contributed by atoms with E-state index in [1.165, 1.54) is 29.6 Å². The lowest BCUT2D eigenvalue weighted by Gasteiger charge is -2.33. The largest absolute Gasteiger partial charge is 0.496 e. The maximum atomic E-state index is 13.2. The molecule has 0 saturated carbocycles. The number of carbonyl (C=O) groups excluding carboxylic acids is 1. The number of benzene rings is 2. The SMILES string of the molecule is COc1ccc(S(=O)(=O)N2CCN(C/C=C/c3ccccc3)CC2)cc1C(=O)NC(C)C. The number of sulfonamides is 1. The molecular weight excluding hydrogens is 426 g/mol. The van der Waals surface area contributed by atoms with Gasteiger partial charge in [-0.05, 0) is 37.6 Å². The molecule has 172 valence electrons. The minimum absolute atomic E-state index is 0.0727. The molecule has 1 saturated heterocycles. The second kappa shape index (κ2) is 10.8. The number of methoxy groups -OCH3 is 1. The van der Waals surface area contributed by atoms with Crippen LogP contribution in [0, 0.1) is 0 Å². The van der Waals surface area contributed by atoms with E-state index in [0.717, 1.165) is 12.1 Å². The average Bonchev–Trinajstić information content (AvgIpc) is 2.79. The van der Waals surface area contributed by atoms with Gasteiger partial charge in [0.1, 0.15) is 5.75 Å². The van der Waals surface area contributed by atoms with E-state index in [1.54, 1.807) is 0 Å². The summed E-state index contributed by atoms with van der Waals surface area (Å²) in [4.78, 5) is 14.8. The topological polar surface area (TPSA) is 79.0 Å². The van der Waals surface area contributed by atoms with Crippen molar-refractivity contribution in [3.05, 3.63) is 65.7 Å². The molecule has 0 aromatic heterocycles. The van der Waals surface area contributed by atoms with Gasteiger partial charge < -0.3 is 10.1 Å². The van der Waals surface area contributed by atoms with Gasteiger partial charge in [-0.2, -0.15) is 4.31 Å². The van der Waals surface area contributed by atoms with E-state index in [4.69, 9.17) is 4.74 Å². The molecule has 1 N–H and O–H groups in total. The Hall–Kier alpha value is -2.68. The van der Waals surface area contributed by atoms with Gasteiger partial charge in [0.15, 0.2) is 0 Å². The first-order chi connectivity index (χ1) is 15.3. The molecule has 1 amide bonds. The predicted molar refractivity (Wildman–Crippen MR) is 126 cm³/mol. The highest BCUT2D eigenvalue weighted by molar-refractivity contribution is 7.89. The van der Waals surface area contributed by atoms with Crippen molar-refractivity contribution in [2.45, 2.75) is 24.8 Å². The van der Waals surface area contributed by atoms with Gasteiger partial charge in [-0.1, -0.05) is 42.5 Å². The number of ether oxygens (including phenoxy) is 1. The first-order valence-electron chi connectivity index (χ1n) is 10.7. The predicted octanol–water partition coefficient (Wildman–Crippen LogP) is 2.85. The number of carbonyl (C=O) groups is 1. The zero-order chi connectivity index (χ0) is 23.1. The summed E-state index contributed by atoms with van der Waals surface area (Å²) in [6, 6.07) is 14.4. The molecule has 1 aliphatic heterocycles. The monoisotopic (exact) mass is 457 g/mol. The van der Waals surface area contributed by atoms with Crippen LogP contribution < -0.4 is 10.1 Å². The third-order valence-electron chi connectivity index (χ3n) is 5.28. The maximum Gasteiger partial charge on any atom is 0.255 e. The lowest BCUT2D eigenvalue weighted by atomic mass is 10.2. The molecule has 0 radical (unpaired) electrons. The van der Waals surface area contributed by atoms with E-state index < -0.39 is 10.0 Å². The standard InChI is InChI=1S/C24H31N3O4S/c1-19(2)25-24(28)22-18-21(11-12-23(22)31-3)32(29,30)27-16-14-26(15-17-27)13-7-10-20-8-5-4-6-9-20/h4-12,18-19H,13-17H2,1-3H3,(H,25,28)/b10-7+. The van der Waals surface area contributed by atoms with Crippen molar-refractivity contribution in [2.24, 2.45) is 0 Å². The van der Waals surface area contributed by atoms with E-state index in [1.807, 2.05) is 44.2 Å². The molecule has 32 heavy (non-hydrogen) atoms. The second-order valence-electron chi connectivity index (χ2n) is 8.01. The van der Waals surface area contributed by atoms with E-state index >= 15 is 0 Å². The summed E-state index contributed by atoms with van der Waals surface area (Å²) < 4.78 is 33.2. The fourth-order valence-corrected chi connectivity index (χ4v) is 5.02. The Labute approximate surface area is 190 Å². The summed E-state index contributed by atoms with van der Waals surface area (Å²) in [5.74, 6) is -0.0129. The number of nitrogens with zero attached hydrogens (tertiary/aromatic N) is 2. The van der Waals surface area contributed by atoms with Gasteiger partial charge in [0.05, 0.1) is 17.6 Å². The van der Waals surface area contributed by atoms with E-state index in [0.29, 0.717) is 31.9 Å². The van der Waals surface area contributed by atoms with Crippen LogP contribution in [0.25, 0.3) is 6.08 Å². The lowest BCUT2D eigenvalue weighted by molar-refractivity contribution is 0.0940. The highest BCUT2D eigenvalue weighted by atomic mass is 32.2. The molecule has 0 bridgehead atoms. The molecule has 0 spiro atoms. The Morgan fingerprint density at radius 3 is 2.41 bits per heavy atom. The first kappa shape index (κ1) is 24.0. The Morgan fingerprint density at radius 1 is 1.09 bits per heavy atom. The van der Waals surface area contributed by atoms with Crippen molar-refractivity contribution in [3.8, 4) is 5.75 Å². The summed E-state index contributed by atoms with van der Waals surface area (Å²) in [5, 5.41) is 2.79. The van der Waals surface area contributed by atoms with E-state index in [2.05, 4.69) is 22.4 Å². The number of rotatable bonds is 8. The molecular formula is C24H31N3O4S. The molecule has 7 nitrogen and oxygen atoms in total. The zero-order valence-corrected chi connectivity index (χ0v) is 19.6. The second-order valence-corrected chi connectivity index (χ2v) is 9.95. The van der Waals surface area contributed by atoms with Crippen LogP contribution in [0.5, 0.6) is 5.75 Å². The van der Waals surface area contributed by atoms with Crippen molar-refractivity contribution < 1.29 is 17.9 Å². The minimum atomic E-state index is -3.71. The zero-order valence-electron chi connectivity index (χ0n) is 18.8. The molecule has 2 aromatic carbocycles. The van der Waals surface area contributed by atoms with E-state index in [9.17, 15) is 13.2 Å². The first-order valence-corrected chi connectivity index (χ1v) is 12.2. The highest BCUT2D eigenvalue weighted by Crippen LogP contribution is 2.25. The van der Waals surface area contributed by atoms with Crippen LogP contribution in [-0.4, -0.2) is 69.4 Å². The quantitative estimate of drug-likeness (QED) is 0.660. The molecule has 8 heteroatoms. The van der Waals surface area contributed by atoms with Crippen LogP contribution in [0.1, 0.15) is 29.8 Å². The van der Waals surface area contributed by atoms with Crippen molar-refractivity contribution in [1.82, 2.24) is 14.5 Å². The van der Waals surface area contributed by atoms with Gasteiger partial charge in [0.25, 0.3) is 5.91 Å². The van der Waals surface area contributed by atoms with Crippen LogP contribution in [0.2, 0.25) is 0 Å². The van der Waals surface area contributed by atoms with Gasteiger partial charge in [-0.3, -0.25) is 9.69 Å². The molecule has 1 fully saturated rings. The van der Waals surface area contributed by atoms with Crippen molar-refractivity contribution >= 4 is 22.0 Å². The van der Waals surface area contributed by atoms with E-state index in [-0.39, 0.29) is 22.4 Å². The van der Waals surface area contributed by atoms with Gasteiger partial charge in [-0.15, -0.1) is 0 Å². The third kappa shape index (κ3) is 5.97. The average molecular weight is 458 g/mol.